The molecule has 0 atom stereocenters. The molecule has 1 saturated carbocycles. The Morgan fingerprint density at radius 3 is 2.21 bits per heavy atom. The molecule has 1 fully saturated rings. The zero-order chi connectivity index (χ0) is 9.80. The first-order valence-corrected chi connectivity index (χ1v) is 5.54. The summed E-state index contributed by atoms with van der Waals surface area (Å²) in [7, 11) is 0. The van der Waals surface area contributed by atoms with Crippen LogP contribution in [0, 0.1) is 0 Å². The first kappa shape index (κ1) is 9.72. The molecule has 74 valence electrons. The van der Waals surface area contributed by atoms with Crippen molar-refractivity contribution in [1.82, 2.24) is 0 Å². The maximum atomic E-state index is 5.81. The molecular weight excluding hydrogens is 194 g/mol. The minimum Gasteiger partial charge on any atom is -0.258 e. The first-order valence-electron chi connectivity index (χ1n) is 5.16. The lowest BCUT2D eigenvalue weighted by atomic mass is 9.98. The smallest absolute Gasteiger partial charge is 0.0630 e. The van der Waals surface area contributed by atoms with Gasteiger partial charge in [-0.2, -0.15) is 0 Å². The molecule has 1 aromatic rings. The normalized spacial score (nSPS) is 16.8. The third-order valence-electron chi connectivity index (χ3n) is 2.54. The molecule has 0 heterocycles. The van der Waals surface area contributed by atoms with Crippen LogP contribution in [0.4, 0.5) is 5.69 Å². The minimum atomic E-state index is 0.776. The van der Waals surface area contributed by atoms with E-state index in [2.05, 4.69) is 4.99 Å². The van der Waals surface area contributed by atoms with Gasteiger partial charge < -0.3 is 0 Å². The van der Waals surface area contributed by atoms with Crippen molar-refractivity contribution in [1.29, 1.82) is 0 Å². The number of hydrogen-bond donors (Lipinski definition) is 0. The number of halogens is 1. The van der Waals surface area contributed by atoms with Crippen LogP contribution in [-0.4, -0.2) is 5.71 Å². The molecule has 0 unspecified atom stereocenters. The monoisotopic (exact) mass is 207 g/mol. The Balaban J connectivity index is 2.11. The zero-order valence-corrected chi connectivity index (χ0v) is 8.93. The molecule has 0 aromatic heterocycles. The highest BCUT2D eigenvalue weighted by molar-refractivity contribution is 6.30. The third kappa shape index (κ3) is 2.58. The SMILES string of the molecule is Clc1ccc(N=C2CCCCC2)cc1. The van der Waals surface area contributed by atoms with Gasteiger partial charge in [-0.25, -0.2) is 0 Å². The molecule has 2 heteroatoms. The van der Waals surface area contributed by atoms with Crippen molar-refractivity contribution in [2.24, 2.45) is 4.99 Å². The molecule has 1 aliphatic rings. The van der Waals surface area contributed by atoms with Crippen LogP contribution in [0.2, 0.25) is 5.02 Å². The number of rotatable bonds is 1. The Labute approximate surface area is 89.8 Å². The van der Waals surface area contributed by atoms with Gasteiger partial charge >= 0.3 is 0 Å². The van der Waals surface area contributed by atoms with E-state index in [9.17, 15) is 0 Å². The van der Waals surface area contributed by atoms with Crippen molar-refractivity contribution < 1.29 is 0 Å². The largest absolute Gasteiger partial charge is 0.258 e. The molecule has 0 radical (unpaired) electrons. The summed E-state index contributed by atoms with van der Waals surface area (Å²) in [5.41, 5.74) is 2.38. The van der Waals surface area contributed by atoms with Crippen molar-refractivity contribution >= 4 is 23.0 Å². The van der Waals surface area contributed by atoms with Gasteiger partial charge in [-0.3, -0.25) is 4.99 Å². The Morgan fingerprint density at radius 1 is 0.929 bits per heavy atom. The van der Waals surface area contributed by atoms with E-state index in [4.69, 9.17) is 11.6 Å². The van der Waals surface area contributed by atoms with Crippen molar-refractivity contribution in [3.63, 3.8) is 0 Å². The molecule has 0 bridgehead atoms. The van der Waals surface area contributed by atoms with Crippen molar-refractivity contribution in [2.75, 3.05) is 0 Å². The maximum absolute atomic E-state index is 5.81. The fourth-order valence-corrected chi connectivity index (χ4v) is 1.90. The van der Waals surface area contributed by atoms with Gasteiger partial charge in [-0.05, 0) is 49.9 Å². The topological polar surface area (TPSA) is 12.4 Å². The van der Waals surface area contributed by atoms with Gasteiger partial charge in [0.15, 0.2) is 0 Å². The van der Waals surface area contributed by atoms with Gasteiger partial charge in [0.05, 0.1) is 5.69 Å². The Hall–Kier alpha value is -0.820. The Kier molecular flexibility index (Phi) is 3.20. The van der Waals surface area contributed by atoms with E-state index in [1.54, 1.807) is 0 Å². The van der Waals surface area contributed by atoms with Gasteiger partial charge in [0.2, 0.25) is 0 Å². The molecule has 1 aliphatic carbocycles. The van der Waals surface area contributed by atoms with Crippen LogP contribution in [0.25, 0.3) is 0 Å². The molecule has 14 heavy (non-hydrogen) atoms. The second kappa shape index (κ2) is 4.61. The van der Waals surface area contributed by atoms with E-state index in [0.717, 1.165) is 10.7 Å². The lowest BCUT2D eigenvalue weighted by Crippen LogP contribution is -2.03. The summed E-state index contributed by atoms with van der Waals surface area (Å²) in [4.78, 5) is 4.62. The molecule has 2 rings (SSSR count). The van der Waals surface area contributed by atoms with E-state index in [1.807, 2.05) is 24.3 Å². The van der Waals surface area contributed by atoms with Gasteiger partial charge in [0, 0.05) is 10.7 Å². The van der Waals surface area contributed by atoms with Gasteiger partial charge in [0.25, 0.3) is 0 Å². The van der Waals surface area contributed by atoms with Gasteiger partial charge in [-0.15, -0.1) is 0 Å². The molecule has 0 spiro atoms. The number of hydrogen-bond acceptors (Lipinski definition) is 1. The predicted octanol–water partition coefficient (Wildman–Crippen LogP) is 4.38. The van der Waals surface area contributed by atoms with Crippen molar-refractivity contribution in [2.45, 2.75) is 32.1 Å². The van der Waals surface area contributed by atoms with E-state index in [1.165, 1.54) is 37.8 Å². The van der Waals surface area contributed by atoms with Gasteiger partial charge in [-0.1, -0.05) is 18.0 Å². The van der Waals surface area contributed by atoms with Crippen molar-refractivity contribution in [3.8, 4) is 0 Å². The highest BCUT2D eigenvalue weighted by Gasteiger charge is 2.06. The molecule has 0 saturated heterocycles. The summed E-state index contributed by atoms with van der Waals surface area (Å²) < 4.78 is 0. The predicted molar refractivity (Wildman–Crippen MR) is 61.6 cm³/mol. The highest BCUT2D eigenvalue weighted by Crippen LogP contribution is 2.21. The van der Waals surface area contributed by atoms with Crippen LogP contribution < -0.4 is 0 Å². The fourth-order valence-electron chi connectivity index (χ4n) is 1.77. The zero-order valence-electron chi connectivity index (χ0n) is 8.17. The first-order chi connectivity index (χ1) is 6.84. The molecular formula is C12H14ClN. The standard InChI is InChI=1S/C12H14ClN/c13-10-6-8-12(9-7-10)14-11-4-2-1-3-5-11/h6-9H,1-5H2. The van der Waals surface area contributed by atoms with Crippen LogP contribution >= 0.6 is 11.6 Å². The maximum Gasteiger partial charge on any atom is 0.0630 e. The summed E-state index contributed by atoms with van der Waals surface area (Å²) in [5.74, 6) is 0. The van der Waals surface area contributed by atoms with Crippen LogP contribution in [0.5, 0.6) is 0 Å². The van der Waals surface area contributed by atoms with Crippen LogP contribution in [0.15, 0.2) is 29.3 Å². The third-order valence-corrected chi connectivity index (χ3v) is 2.80. The lowest BCUT2D eigenvalue weighted by molar-refractivity contribution is 0.667. The molecule has 1 nitrogen and oxygen atoms in total. The minimum absolute atomic E-state index is 0.776. The fraction of sp³-hybridized carbons (Fsp3) is 0.417. The average molecular weight is 208 g/mol. The Bertz CT molecular complexity index is 319. The number of benzene rings is 1. The van der Waals surface area contributed by atoms with Crippen LogP contribution in [-0.2, 0) is 0 Å². The van der Waals surface area contributed by atoms with Gasteiger partial charge in [0.1, 0.15) is 0 Å². The van der Waals surface area contributed by atoms with Crippen LogP contribution in [0.1, 0.15) is 32.1 Å². The highest BCUT2D eigenvalue weighted by atomic mass is 35.5. The second-order valence-corrected chi connectivity index (χ2v) is 4.15. The number of aliphatic imine (C=N–C) groups is 1. The molecule has 0 amide bonds. The molecule has 1 aromatic carbocycles. The number of nitrogens with zero attached hydrogens (tertiary/aromatic N) is 1. The average Bonchev–Trinajstić information content (AvgIpc) is 2.23. The lowest BCUT2D eigenvalue weighted by Gasteiger charge is -2.11. The summed E-state index contributed by atoms with van der Waals surface area (Å²) >= 11 is 5.81. The van der Waals surface area contributed by atoms with Crippen molar-refractivity contribution in [3.05, 3.63) is 29.3 Å². The summed E-state index contributed by atoms with van der Waals surface area (Å²) in [6.45, 7) is 0. The summed E-state index contributed by atoms with van der Waals surface area (Å²) in [6.07, 6.45) is 6.30. The summed E-state index contributed by atoms with van der Waals surface area (Å²) in [6, 6.07) is 7.74. The van der Waals surface area contributed by atoms with E-state index in [0.29, 0.717) is 0 Å². The van der Waals surface area contributed by atoms with E-state index >= 15 is 0 Å². The van der Waals surface area contributed by atoms with Crippen LogP contribution in [0.3, 0.4) is 0 Å². The van der Waals surface area contributed by atoms with E-state index < -0.39 is 0 Å². The summed E-state index contributed by atoms with van der Waals surface area (Å²) in [5, 5.41) is 0.776. The molecule has 0 aliphatic heterocycles. The second-order valence-electron chi connectivity index (χ2n) is 3.72. The van der Waals surface area contributed by atoms with E-state index in [-0.39, 0.29) is 0 Å². The molecule has 0 N–H and O–H groups in total. The Morgan fingerprint density at radius 2 is 1.57 bits per heavy atom. The quantitative estimate of drug-likeness (QED) is 0.648.